The molecule has 31 heavy (non-hydrogen) atoms. The van der Waals surface area contributed by atoms with Crippen LogP contribution in [0.15, 0.2) is 0 Å². The second-order valence-electron chi connectivity index (χ2n) is 7.70. The van der Waals surface area contributed by atoms with Crippen molar-refractivity contribution in [3.8, 4) is 0 Å². The van der Waals surface area contributed by atoms with E-state index < -0.39 is 17.9 Å². The predicted molar refractivity (Wildman–Crippen MR) is 121 cm³/mol. The number of hydrogen-bond donors (Lipinski definition) is 0. The molecule has 0 amide bonds. The van der Waals surface area contributed by atoms with Gasteiger partial charge in [0.2, 0.25) is 0 Å². The van der Waals surface area contributed by atoms with Crippen molar-refractivity contribution in [3.63, 3.8) is 0 Å². The first-order chi connectivity index (χ1) is 14.2. The van der Waals surface area contributed by atoms with E-state index in [-0.39, 0.29) is 43.6 Å². The molecular weight excluding hydrogens is 499 g/mol. The van der Waals surface area contributed by atoms with E-state index >= 15 is 0 Å². The molecule has 7 heteroatoms. The van der Waals surface area contributed by atoms with Crippen LogP contribution in [0.5, 0.6) is 0 Å². The van der Waals surface area contributed by atoms with Gasteiger partial charge in [-0.1, -0.05) is 80.1 Å². The summed E-state index contributed by atoms with van der Waals surface area (Å²) in [7, 11) is 0. The molecule has 0 radical (unpaired) electrons. The topological polar surface area (TPSA) is 120 Å². The monoisotopic (exact) mass is 544 g/mol. The van der Waals surface area contributed by atoms with Gasteiger partial charge in [0.25, 0.3) is 0 Å². The van der Waals surface area contributed by atoms with Crippen LogP contribution in [0.25, 0.3) is 0 Å². The Labute approximate surface area is 209 Å². The molecule has 180 valence electrons. The standard InChI is InChI=1S/3C8H16O2.In/c3*1-3-5-6-7(4-2)8(9)10;/h3*7H,3-6H2,1-2H3,(H,9,10);/q;;;+3/p-3. The first-order valence-electron chi connectivity index (χ1n) is 11.8. The Bertz CT molecular complexity index is 366. The number of aliphatic carboxylic acids is 3. The summed E-state index contributed by atoms with van der Waals surface area (Å²) >= 11 is 0. The maximum absolute atomic E-state index is 10.3. The number of carboxylic acids is 3. The minimum Gasteiger partial charge on any atom is -0.550 e. The zero-order chi connectivity index (χ0) is 23.9. The Morgan fingerprint density at radius 2 is 0.710 bits per heavy atom. The van der Waals surface area contributed by atoms with E-state index in [0.717, 1.165) is 57.8 Å². The van der Waals surface area contributed by atoms with E-state index in [9.17, 15) is 29.7 Å². The Balaban J connectivity index is -0.000000174. The van der Waals surface area contributed by atoms with Gasteiger partial charge in [0, 0.05) is 17.9 Å². The maximum Gasteiger partial charge on any atom is 3.00 e. The van der Waals surface area contributed by atoms with Gasteiger partial charge in [0.15, 0.2) is 0 Å². The fourth-order valence-corrected chi connectivity index (χ4v) is 2.82. The van der Waals surface area contributed by atoms with Gasteiger partial charge in [-0.2, -0.15) is 0 Å². The number of rotatable bonds is 15. The van der Waals surface area contributed by atoms with Gasteiger partial charge in [-0.3, -0.25) is 0 Å². The van der Waals surface area contributed by atoms with Crippen LogP contribution in [-0.4, -0.2) is 43.8 Å². The minimum atomic E-state index is -0.893. The summed E-state index contributed by atoms with van der Waals surface area (Å²) in [6.45, 7) is 11.8. The van der Waals surface area contributed by atoms with Crippen LogP contribution in [0.2, 0.25) is 0 Å². The van der Waals surface area contributed by atoms with Crippen molar-refractivity contribution in [2.24, 2.45) is 17.8 Å². The van der Waals surface area contributed by atoms with Gasteiger partial charge in [-0.05, 0) is 56.3 Å². The zero-order valence-corrected chi connectivity index (χ0v) is 24.0. The summed E-state index contributed by atoms with van der Waals surface area (Å²) in [5, 5.41) is 31.0. The number of carbonyl (C=O) groups is 3. The molecule has 0 rings (SSSR count). The van der Waals surface area contributed by atoms with E-state index in [2.05, 4.69) is 20.8 Å². The Morgan fingerprint density at radius 1 is 0.516 bits per heavy atom. The van der Waals surface area contributed by atoms with E-state index in [1.54, 1.807) is 0 Å². The maximum atomic E-state index is 10.3. The molecule has 0 saturated carbocycles. The van der Waals surface area contributed by atoms with E-state index in [1.807, 2.05) is 20.8 Å². The third-order valence-electron chi connectivity index (χ3n) is 5.20. The summed E-state index contributed by atoms with van der Waals surface area (Å²) in [4.78, 5) is 31.0. The second kappa shape index (κ2) is 27.3. The summed E-state index contributed by atoms with van der Waals surface area (Å²) in [5.74, 6) is -3.34. The molecule has 0 aromatic carbocycles. The molecule has 0 bridgehead atoms. The van der Waals surface area contributed by atoms with Gasteiger partial charge >= 0.3 is 25.8 Å². The third-order valence-corrected chi connectivity index (χ3v) is 5.20. The van der Waals surface area contributed by atoms with Crippen molar-refractivity contribution in [1.82, 2.24) is 0 Å². The number of carbonyl (C=O) groups excluding carboxylic acids is 3. The van der Waals surface area contributed by atoms with Gasteiger partial charge in [0.1, 0.15) is 0 Å². The SMILES string of the molecule is CCCCC(CC)C(=O)[O-].CCCCC(CC)C(=O)[O-].CCCCC(CC)C(=O)[O-].[In+3]. The third kappa shape index (κ3) is 25.4. The molecule has 0 aliphatic rings. The minimum absolute atomic E-state index is 0. The average Bonchev–Trinajstić information content (AvgIpc) is 2.70. The first kappa shape index (κ1) is 37.6. The number of carboxylic acid groups (broad SMARTS) is 3. The van der Waals surface area contributed by atoms with E-state index in [1.165, 1.54) is 0 Å². The fraction of sp³-hybridized carbons (Fsp3) is 0.875. The molecular formula is C24H45InO6. The molecule has 0 N–H and O–H groups in total. The molecule has 0 spiro atoms. The van der Waals surface area contributed by atoms with Crippen molar-refractivity contribution in [1.29, 1.82) is 0 Å². The van der Waals surface area contributed by atoms with E-state index in [4.69, 9.17) is 0 Å². The van der Waals surface area contributed by atoms with Gasteiger partial charge in [0.05, 0.1) is 0 Å². The number of unbranched alkanes of at least 4 members (excludes halogenated alkanes) is 3. The van der Waals surface area contributed by atoms with Crippen molar-refractivity contribution in [3.05, 3.63) is 0 Å². The quantitative estimate of drug-likeness (QED) is 0.313. The molecule has 0 heterocycles. The summed E-state index contributed by atoms with van der Waals surface area (Å²) in [6.07, 6.45) is 10.6. The Morgan fingerprint density at radius 3 is 0.806 bits per heavy atom. The molecule has 6 nitrogen and oxygen atoms in total. The largest absolute Gasteiger partial charge is 3.00 e. The van der Waals surface area contributed by atoms with Crippen molar-refractivity contribution < 1.29 is 29.7 Å². The van der Waals surface area contributed by atoms with Crippen LogP contribution < -0.4 is 15.3 Å². The van der Waals surface area contributed by atoms with Crippen LogP contribution in [0.4, 0.5) is 0 Å². The number of hydrogen-bond acceptors (Lipinski definition) is 6. The fourth-order valence-electron chi connectivity index (χ4n) is 2.82. The van der Waals surface area contributed by atoms with E-state index in [0.29, 0.717) is 19.3 Å². The molecule has 0 saturated heterocycles. The van der Waals surface area contributed by atoms with Crippen molar-refractivity contribution >= 4 is 43.8 Å². The second-order valence-corrected chi connectivity index (χ2v) is 7.70. The van der Waals surface area contributed by atoms with Crippen LogP contribution in [0.1, 0.15) is 119 Å². The van der Waals surface area contributed by atoms with Crippen LogP contribution in [0, 0.1) is 17.8 Å². The molecule has 0 aliphatic carbocycles. The van der Waals surface area contributed by atoms with Crippen LogP contribution >= 0.6 is 0 Å². The molecule has 0 aromatic rings. The smallest absolute Gasteiger partial charge is 0.550 e. The molecule has 0 fully saturated rings. The van der Waals surface area contributed by atoms with Gasteiger partial charge < -0.3 is 29.7 Å². The zero-order valence-electron chi connectivity index (χ0n) is 20.7. The van der Waals surface area contributed by atoms with Gasteiger partial charge in [-0.25, -0.2) is 0 Å². The molecule has 3 atom stereocenters. The van der Waals surface area contributed by atoms with Gasteiger partial charge in [-0.15, -0.1) is 0 Å². The average molecular weight is 544 g/mol. The molecule has 0 aromatic heterocycles. The summed E-state index contributed by atoms with van der Waals surface area (Å²) in [6, 6.07) is 0. The molecule has 3 unspecified atom stereocenters. The summed E-state index contributed by atoms with van der Waals surface area (Å²) in [5.41, 5.74) is 0. The summed E-state index contributed by atoms with van der Waals surface area (Å²) < 4.78 is 0. The predicted octanol–water partition coefficient (Wildman–Crippen LogP) is 2.48. The normalized spacial score (nSPS) is 12.6. The van der Waals surface area contributed by atoms with Crippen LogP contribution in [0.3, 0.4) is 0 Å². The molecule has 0 aliphatic heterocycles. The van der Waals surface area contributed by atoms with Crippen LogP contribution in [-0.2, 0) is 14.4 Å². The Kier molecular flexibility index (Phi) is 33.1. The first-order valence-corrected chi connectivity index (χ1v) is 11.8. The van der Waals surface area contributed by atoms with Crippen molar-refractivity contribution in [2.45, 2.75) is 119 Å². The van der Waals surface area contributed by atoms with Crippen molar-refractivity contribution in [2.75, 3.05) is 0 Å². The Hall–Kier alpha value is -0.720.